The van der Waals surface area contributed by atoms with Gasteiger partial charge in [0.15, 0.2) is 0 Å². The highest BCUT2D eigenvalue weighted by Gasteiger charge is 2.32. The van der Waals surface area contributed by atoms with Gasteiger partial charge >= 0.3 is 0 Å². The number of rotatable bonds is 3. The Balaban J connectivity index is 2.03. The molecule has 1 fully saturated rings. The fourth-order valence-corrected chi connectivity index (χ4v) is 2.06. The van der Waals surface area contributed by atoms with Gasteiger partial charge in [-0.3, -0.25) is 4.68 Å². The van der Waals surface area contributed by atoms with E-state index in [9.17, 15) is 0 Å². The summed E-state index contributed by atoms with van der Waals surface area (Å²) in [6, 6.07) is 0. The van der Waals surface area contributed by atoms with Crippen LogP contribution in [0.25, 0.3) is 11.5 Å². The van der Waals surface area contributed by atoms with Crippen LogP contribution >= 0.6 is 0 Å². The van der Waals surface area contributed by atoms with Crippen LogP contribution in [0.15, 0.2) is 16.8 Å². The Morgan fingerprint density at radius 3 is 2.71 bits per heavy atom. The summed E-state index contributed by atoms with van der Waals surface area (Å²) in [7, 11) is 1.90. The molecule has 2 heterocycles. The highest BCUT2D eigenvalue weighted by molar-refractivity contribution is 5.51. The second-order valence-electron chi connectivity index (χ2n) is 5.10. The lowest BCUT2D eigenvalue weighted by molar-refractivity contribution is 0.491. The molecule has 0 aromatic carbocycles. The van der Waals surface area contributed by atoms with E-state index in [4.69, 9.17) is 4.42 Å². The molecule has 1 aliphatic rings. The first kappa shape index (κ1) is 10.6. The second kappa shape index (κ2) is 3.72. The smallest absolute Gasteiger partial charge is 0.229 e. The summed E-state index contributed by atoms with van der Waals surface area (Å²) >= 11 is 0. The monoisotopic (exact) mass is 231 g/mol. The van der Waals surface area contributed by atoms with Gasteiger partial charge in [-0.2, -0.15) is 5.10 Å². The fraction of sp³-hybridized carbons (Fsp3) is 0.538. The maximum absolute atomic E-state index is 5.91. The number of hydrogen-bond donors (Lipinski definition) is 0. The Hall–Kier alpha value is -1.58. The summed E-state index contributed by atoms with van der Waals surface area (Å²) < 4.78 is 7.68. The van der Waals surface area contributed by atoms with Crippen molar-refractivity contribution in [1.82, 2.24) is 14.8 Å². The Labute approximate surface area is 101 Å². The van der Waals surface area contributed by atoms with E-state index in [1.165, 1.54) is 18.5 Å². The highest BCUT2D eigenvalue weighted by Crippen LogP contribution is 2.44. The first-order chi connectivity index (χ1) is 8.15. The maximum atomic E-state index is 5.91. The van der Waals surface area contributed by atoms with Crippen LogP contribution in [-0.2, 0) is 7.05 Å². The molecule has 0 saturated heterocycles. The van der Waals surface area contributed by atoms with Crippen LogP contribution in [0.4, 0.5) is 0 Å². The second-order valence-corrected chi connectivity index (χ2v) is 5.10. The molecule has 0 bridgehead atoms. The van der Waals surface area contributed by atoms with Crippen molar-refractivity contribution in [2.45, 2.75) is 38.5 Å². The van der Waals surface area contributed by atoms with Crippen molar-refractivity contribution >= 4 is 0 Å². The van der Waals surface area contributed by atoms with E-state index < -0.39 is 0 Å². The third-order valence-corrected chi connectivity index (χ3v) is 3.12. The van der Waals surface area contributed by atoms with Crippen LogP contribution in [0.1, 0.15) is 50.0 Å². The molecule has 1 aliphatic carbocycles. The maximum Gasteiger partial charge on any atom is 0.229 e. The molecule has 0 aliphatic heterocycles. The number of aryl methyl sites for hydroxylation is 1. The first-order valence-electron chi connectivity index (χ1n) is 6.14. The Bertz CT molecular complexity index is 515. The largest absolute Gasteiger partial charge is 0.440 e. The zero-order chi connectivity index (χ0) is 12.0. The molecule has 90 valence electrons. The van der Waals surface area contributed by atoms with Gasteiger partial charge in [0.05, 0.1) is 17.5 Å². The molecule has 4 heteroatoms. The third kappa shape index (κ3) is 1.88. The predicted octanol–water partition coefficient (Wildman–Crippen LogP) is 3.08. The molecular weight excluding hydrogens is 214 g/mol. The first-order valence-corrected chi connectivity index (χ1v) is 6.14. The van der Waals surface area contributed by atoms with Crippen LogP contribution in [0.5, 0.6) is 0 Å². The number of hydrogen-bond acceptors (Lipinski definition) is 3. The van der Waals surface area contributed by atoms with Gasteiger partial charge in [-0.15, -0.1) is 0 Å². The Morgan fingerprint density at radius 2 is 2.18 bits per heavy atom. The lowest BCUT2D eigenvalue weighted by atomic mass is 10.1. The lowest BCUT2D eigenvalue weighted by Crippen LogP contribution is -1.90. The molecule has 0 amide bonds. The van der Waals surface area contributed by atoms with Crippen molar-refractivity contribution in [3.63, 3.8) is 0 Å². The third-order valence-electron chi connectivity index (χ3n) is 3.12. The molecule has 2 aromatic rings. The standard InChI is InChI=1S/C13H17N3O/c1-8(2)12-11(9-4-5-9)15-13(17-12)10-6-14-16(3)7-10/h6-9H,4-5H2,1-3H3. The molecule has 0 atom stereocenters. The SMILES string of the molecule is CC(C)c1oc(-c2cnn(C)c2)nc1C1CC1. The van der Waals surface area contributed by atoms with E-state index in [-0.39, 0.29) is 0 Å². The number of aromatic nitrogens is 3. The summed E-state index contributed by atoms with van der Waals surface area (Å²) in [5.41, 5.74) is 2.13. The molecular formula is C13H17N3O. The van der Waals surface area contributed by atoms with Crippen LogP contribution < -0.4 is 0 Å². The summed E-state index contributed by atoms with van der Waals surface area (Å²) in [5.74, 6) is 2.78. The van der Waals surface area contributed by atoms with Gasteiger partial charge < -0.3 is 4.42 Å². The summed E-state index contributed by atoms with van der Waals surface area (Å²) in [6.45, 7) is 4.30. The van der Waals surface area contributed by atoms with Gasteiger partial charge in [0.2, 0.25) is 5.89 Å². The molecule has 0 N–H and O–H groups in total. The summed E-state index contributed by atoms with van der Waals surface area (Å²) in [6.07, 6.45) is 6.23. The van der Waals surface area contributed by atoms with Crippen LogP contribution in [-0.4, -0.2) is 14.8 Å². The average Bonchev–Trinajstić information content (AvgIpc) is 2.87. The highest BCUT2D eigenvalue weighted by atomic mass is 16.4. The van der Waals surface area contributed by atoms with Crippen LogP contribution in [0, 0.1) is 0 Å². The average molecular weight is 231 g/mol. The summed E-state index contributed by atoms with van der Waals surface area (Å²) in [5, 5.41) is 4.15. The van der Waals surface area contributed by atoms with E-state index in [0.717, 1.165) is 11.3 Å². The van der Waals surface area contributed by atoms with Crippen molar-refractivity contribution in [2.75, 3.05) is 0 Å². The lowest BCUT2D eigenvalue weighted by Gasteiger charge is -2.01. The minimum Gasteiger partial charge on any atom is -0.440 e. The van der Waals surface area contributed by atoms with Crippen molar-refractivity contribution in [1.29, 1.82) is 0 Å². The molecule has 4 nitrogen and oxygen atoms in total. The fourth-order valence-electron chi connectivity index (χ4n) is 2.06. The molecule has 3 rings (SSSR count). The van der Waals surface area contributed by atoms with Gasteiger partial charge in [-0.05, 0) is 12.8 Å². The van der Waals surface area contributed by atoms with E-state index >= 15 is 0 Å². The molecule has 0 spiro atoms. The predicted molar refractivity (Wildman–Crippen MR) is 64.8 cm³/mol. The van der Waals surface area contributed by atoms with Gasteiger partial charge in [0, 0.05) is 25.1 Å². The van der Waals surface area contributed by atoms with Gasteiger partial charge in [0.25, 0.3) is 0 Å². The van der Waals surface area contributed by atoms with E-state index in [1.54, 1.807) is 10.9 Å². The quantitative estimate of drug-likeness (QED) is 0.815. The molecule has 0 radical (unpaired) electrons. The summed E-state index contributed by atoms with van der Waals surface area (Å²) in [4.78, 5) is 4.66. The van der Waals surface area contributed by atoms with E-state index in [0.29, 0.717) is 17.7 Å². The van der Waals surface area contributed by atoms with Gasteiger partial charge in [-0.1, -0.05) is 13.8 Å². The van der Waals surface area contributed by atoms with Crippen LogP contribution in [0.3, 0.4) is 0 Å². The topological polar surface area (TPSA) is 43.9 Å². The van der Waals surface area contributed by atoms with Gasteiger partial charge in [-0.25, -0.2) is 4.98 Å². The Morgan fingerprint density at radius 1 is 1.41 bits per heavy atom. The Kier molecular flexibility index (Phi) is 2.31. The molecule has 17 heavy (non-hydrogen) atoms. The molecule has 0 unspecified atom stereocenters. The van der Waals surface area contributed by atoms with E-state index in [2.05, 4.69) is 23.9 Å². The van der Waals surface area contributed by atoms with E-state index in [1.807, 2.05) is 13.2 Å². The molecule has 2 aromatic heterocycles. The van der Waals surface area contributed by atoms with Crippen molar-refractivity contribution < 1.29 is 4.42 Å². The van der Waals surface area contributed by atoms with Crippen molar-refractivity contribution in [3.05, 3.63) is 23.8 Å². The normalized spacial score (nSPS) is 15.8. The van der Waals surface area contributed by atoms with Crippen molar-refractivity contribution in [3.8, 4) is 11.5 Å². The van der Waals surface area contributed by atoms with Gasteiger partial charge in [0.1, 0.15) is 5.76 Å². The minimum atomic E-state index is 0.392. The van der Waals surface area contributed by atoms with Crippen LogP contribution in [0.2, 0.25) is 0 Å². The minimum absolute atomic E-state index is 0.392. The zero-order valence-corrected chi connectivity index (χ0v) is 10.5. The van der Waals surface area contributed by atoms with Crippen molar-refractivity contribution in [2.24, 2.45) is 7.05 Å². The molecule has 1 saturated carbocycles. The zero-order valence-electron chi connectivity index (χ0n) is 10.5. The number of nitrogens with zero attached hydrogens (tertiary/aromatic N) is 3. The number of oxazole rings is 1.